The van der Waals surface area contributed by atoms with Crippen LogP contribution in [0.3, 0.4) is 0 Å². The van der Waals surface area contributed by atoms with Gasteiger partial charge in [0.15, 0.2) is 5.58 Å². The second-order valence-corrected chi connectivity index (χ2v) is 7.04. The predicted octanol–water partition coefficient (Wildman–Crippen LogP) is 1.61. The Morgan fingerprint density at radius 3 is 2.65 bits per heavy atom. The van der Waals surface area contributed by atoms with Gasteiger partial charge in [0.1, 0.15) is 12.2 Å². The molecule has 1 aliphatic heterocycles. The third kappa shape index (κ3) is 3.48. The fraction of sp³-hybridized carbons (Fsp3) is 0.333. The van der Waals surface area contributed by atoms with Crippen LogP contribution >= 0.6 is 0 Å². The first kappa shape index (κ1) is 16.8. The van der Waals surface area contributed by atoms with Crippen molar-refractivity contribution >= 4 is 16.9 Å². The fourth-order valence-electron chi connectivity index (χ4n) is 3.65. The quantitative estimate of drug-likeness (QED) is 0.778. The molecule has 0 bridgehead atoms. The van der Waals surface area contributed by atoms with Gasteiger partial charge in [-0.05, 0) is 24.6 Å². The number of aromatic nitrogens is 1. The van der Waals surface area contributed by atoms with E-state index in [2.05, 4.69) is 36.3 Å². The lowest BCUT2D eigenvalue weighted by Crippen LogP contribution is -3.13. The van der Waals surface area contributed by atoms with E-state index in [1.807, 2.05) is 29.2 Å². The van der Waals surface area contributed by atoms with Crippen LogP contribution in [0.15, 0.2) is 53.1 Å². The number of hydrogen-bond acceptors (Lipinski definition) is 3. The van der Waals surface area contributed by atoms with Crippen LogP contribution in [0.4, 0.5) is 0 Å². The van der Waals surface area contributed by atoms with E-state index in [-0.39, 0.29) is 5.91 Å². The zero-order valence-corrected chi connectivity index (χ0v) is 15.1. The van der Waals surface area contributed by atoms with Crippen molar-refractivity contribution in [2.24, 2.45) is 0 Å². The molecule has 0 saturated carbocycles. The van der Waals surface area contributed by atoms with Crippen LogP contribution in [0, 0.1) is 6.92 Å². The maximum atomic E-state index is 12.7. The minimum absolute atomic E-state index is 0.138. The second kappa shape index (κ2) is 7.30. The Labute approximate surface area is 153 Å². The summed E-state index contributed by atoms with van der Waals surface area (Å²) in [4.78, 5) is 16.2. The highest BCUT2D eigenvalue weighted by Gasteiger charge is 2.25. The molecule has 2 heterocycles. The van der Waals surface area contributed by atoms with Crippen molar-refractivity contribution in [1.82, 2.24) is 10.1 Å². The van der Waals surface area contributed by atoms with Crippen molar-refractivity contribution < 1.29 is 14.2 Å². The summed E-state index contributed by atoms with van der Waals surface area (Å²) >= 11 is 0. The van der Waals surface area contributed by atoms with Crippen LogP contribution in [0.25, 0.3) is 11.0 Å². The van der Waals surface area contributed by atoms with E-state index in [0.717, 1.165) is 49.4 Å². The molecule has 2 aromatic carbocycles. The lowest BCUT2D eigenvalue weighted by atomic mass is 10.1. The van der Waals surface area contributed by atoms with Gasteiger partial charge in [-0.25, -0.2) is 0 Å². The Morgan fingerprint density at radius 1 is 1.12 bits per heavy atom. The third-order valence-electron chi connectivity index (χ3n) is 5.30. The number of aryl methyl sites for hydroxylation is 1. The molecule has 1 saturated heterocycles. The van der Waals surface area contributed by atoms with E-state index in [4.69, 9.17) is 4.52 Å². The van der Waals surface area contributed by atoms with Crippen molar-refractivity contribution in [1.29, 1.82) is 0 Å². The zero-order chi connectivity index (χ0) is 17.9. The predicted molar refractivity (Wildman–Crippen MR) is 99.9 cm³/mol. The Bertz CT molecular complexity index is 910. The van der Waals surface area contributed by atoms with Gasteiger partial charge in [-0.15, -0.1) is 0 Å². The normalized spacial score (nSPS) is 15.5. The molecule has 5 heteroatoms. The summed E-state index contributed by atoms with van der Waals surface area (Å²) in [5.41, 5.74) is 4.22. The smallest absolute Gasteiger partial charge is 0.229 e. The average Bonchev–Trinajstić information content (AvgIpc) is 3.07. The van der Waals surface area contributed by atoms with Gasteiger partial charge in [0.2, 0.25) is 5.91 Å². The van der Waals surface area contributed by atoms with E-state index >= 15 is 0 Å². The van der Waals surface area contributed by atoms with Crippen molar-refractivity contribution in [2.75, 3.05) is 26.2 Å². The van der Waals surface area contributed by atoms with Gasteiger partial charge >= 0.3 is 0 Å². The van der Waals surface area contributed by atoms with Gasteiger partial charge in [-0.2, -0.15) is 0 Å². The van der Waals surface area contributed by atoms with Crippen LogP contribution < -0.4 is 4.90 Å². The van der Waals surface area contributed by atoms with E-state index in [0.29, 0.717) is 6.42 Å². The molecule has 5 nitrogen and oxygen atoms in total. The van der Waals surface area contributed by atoms with Crippen molar-refractivity contribution in [2.45, 2.75) is 19.9 Å². The molecule has 0 aliphatic carbocycles. The molecule has 0 radical (unpaired) electrons. The molecule has 134 valence electrons. The molecule has 1 aliphatic rings. The van der Waals surface area contributed by atoms with Gasteiger partial charge < -0.3 is 14.3 Å². The molecule has 0 atom stereocenters. The minimum Gasteiger partial charge on any atom is -0.356 e. The molecule has 4 rings (SSSR count). The highest BCUT2D eigenvalue weighted by Crippen LogP contribution is 2.18. The summed E-state index contributed by atoms with van der Waals surface area (Å²) in [7, 11) is 0. The molecule has 3 aromatic rings. The number of para-hydroxylation sites is 1. The van der Waals surface area contributed by atoms with Gasteiger partial charge in [-0.3, -0.25) is 4.79 Å². The number of carbonyl (C=O) groups is 1. The monoisotopic (exact) mass is 350 g/mol. The first-order chi connectivity index (χ1) is 12.7. The number of nitrogens with zero attached hydrogens (tertiary/aromatic N) is 2. The molecule has 0 spiro atoms. The first-order valence-electron chi connectivity index (χ1n) is 9.20. The number of amides is 1. The fourth-order valence-corrected chi connectivity index (χ4v) is 3.65. The molecule has 26 heavy (non-hydrogen) atoms. The number of rotatable bonds is 4. The molecule has 1 aromatic heterocycles. The number of nitrogens with one attached hydrogen (secondary N) is 1. The number of fused-ring (bicyclic) bond motifs is 1. The van der Waals surface area contributed by atoms with Gasteiger partial charge in [0.05, 0.1) is 32.6 Å². The van der Waals surface area contributed by atoms with Crippen LogP contribution in [0.1, 0.15) is 16.8 Å². The van der Waals surface area contributed by atoms with Crippen molar-refractivity contribution in [3.8, 4) is 0 Å². The highest BCUT2D eigenvalue weighted by atomic mass is 16.5. The van der Waals surface area contributed by atoms with Gasteiger partial charge in [0, 0.05) is 10.9 Å². The van der Waals surface area contributed by atoms with Gasteiger partial charge in [-0.1, -0.05) is 41.6 Å². The lowest BCUT2D eigenvalue weighted by molar-refractivity contribution is -0.917. The second-order valence-electron chi connectivity index (χ2n) is 7.04. The number of piperazine rings is 1. The summed E-state index contributed by atoms with van der Waals surface area (Å²) in [6.07, 6.45) is 0.310. The standard InChI is InChI=1S/C21H23N3O2/c1-16-6-2-3-7-17(16)15-23-10-12-24(13-11-23)21(25)14-19-18-8-4-5-9-20(18)26-22-19/h2-9H,10-15H2,1H3/p+1. The molecule has 1 N–H and O–H groups in total. The number of quaternary nitrogens is 1. The summed E-state index contributed by atoms with van der Waals surface area (Å²) in [5, 5.41) is 5.02. The summed E-state index contributed by atoms with van der Waals surface area (Å²) in [5.74, 6) is 0.138. The van der Waals surface area contributed by atoms with E-state index in [1.165, 1.54) is 16.0 Å². The lowest BCUT2D eigenvalue weighted by Gasteiger charge is -2.32. The average molecular weight is 350 g/mol. The summed E-state index contributed by atoms with van der Waals surface area (Å²) < 4.78 is 5.31. The number of benzene rings is 2. The van der Waals surface area contributed by atoms with Crippen LogP contribution in [-0.4, -0.2) is 42.1 Å². The maximum Gasteiger partial charge on any atom is 0.229 e. The summed E-state index contributed by atoms with van der Waals surface area (Å²) in [6.45, 7) is 6.77. The molecule has 1 amide bonds. The molecule has 0 unspecified atom stereocenters. The Morgan fingerprint density at radius 2 is 1.85 bits per heavy atom. The van der Waals surface area contributed by atoms with E-state index < -0.39 is 0 Å². The summed E-state index contributed by atoms with van der Waals surface area (Å²) in [6, 6.07) is 16.2. The largest absolute Gasteiger partial charge is 0.356 e. The first-order valence-corrected chi connectivity index (χ1v) is 9.20. The minimum atomic E-state index is 0.138. The van der Waals surface area contributed by atoms with Crippen molar-refractivity contribution in [3.63, 3.8) is 0 Å². The van der Waals surface area contributed by atoms with E-state index in [9.17, 15) is 4.79 Å². The highest BCUT2D eigenvalue weighted by molar-refractivity contribution is 5.86. The topological polar surface area (TPSA) is 50.8 Å². The Hall–Kier alpha value is -2.66. The zero-order valence-electron chi connectivity index (χ0n) is 15.1. The Balaban J connectivity index is 1.34. The number of hydrogen-bond donors (Lipinski definition) is 1. The van der Waals surface area contributed by atoms with Crippen LogP contribution in [0.2, 0.25) is 0 Å². The molecular formula is C21H24N3O2+. The van der Waals surface area contributed by atoms with Crippen LogP contribution in [0.5, 0.6) is 0 Å². The van der Waals surface area contributed by atoms with Gasteiger partial charge in [0.25, 0.3) is 0 Å². The molecule has 1 fully saturated rings. The molecular weight excluding hydrogens is 326 g/mol. The maximum absolute atomic E-state index is 12.7. The van der Waals surface area contributed by atoms with E-state index in [1.54, 1.807) is 0 Å². The van der Waals surface area contributed by atoms with Crippen LogP contribution in [-0.2, 0) is 17.8 Å². The van der Waals surface area contributed by atoms with Crippen molar-refractivity contribution in [3.05, 3.63) is 65.4 Å². The Kier molecular flexibility index (Phi) is 4.71. The SMILES string of the molecule is Cc1ccccc1C[NH+]1CCN(C(=O)Cc2noc3ccccc23)CC1. The third-order valence-corrected chi connectivity index (χ3v) is 5.30. The number of carbonyl (C=O) groups excluding carboxylic acids is 1.